The Kier molecular flexibility index (Phi) is 3.85. The molecule has 2 rings (SSSR count). The molecule has 1 aliphatic carbocycles. The molecule has 3 N–H and O–H groups in total. The van der Waals surface area contributed by atoms with E-state index in [0.29, 0.717) is 11.7 Å². The van der Waals surface area contributed by atoms with Crippen LogP contribution in [-0.2, 0) is 4.79 Å². The Balaban J connectivity index is 2.11. The molecule has 3 atom stereocenters. The molecule has 0 aromatic carbocycles. The highest BCUT2D eigenvalue weighted by molar-refractivity contribution is 5.92. The van der Waals surface area contributed by atoms with Crippen LogP contribution in [0.3, 0.4) is 0 Å². The summed E-state index contributed by atoms with van der Waals surface area (Å²) in [7, 11) is 0. The fraction of sp³-hybridized carbons (Fsp3) is 0.643. The number of hydrogen-bond acceptors (Lipinski definition) is 4. The van der Waals surface area contributed by atoms with Crippen LogP contribution < -0.4 is 11.1 Å². The number of aromatic nitrogens is 2. The molecule has 5 heteroatoms. The SMILES string of the molecule is CC1C(N)CCC(C(=O)Nc2cnccn2)C1(C)C. The summed E-state index contributed by atoms with van der Waals surface area (Å²) in [6.07, 6.45) is 6.43. The number of hydrogen-bond donors (Lipinski definition) is 2. The molecule has 0 aliphatic heterocycles. The third-order valence-electron chi connectivity index (χ3n) is 4.63. The second-order valence-corrected chi connectivity index (χ2v) is 5.98. The molecule has 1 aromatic heterocycles. The predicted octanol–water partition coefficient (Wildman–Crippen LogP) is 1.81. The first-order valence-electron chi connectivity index (χ1n) is 6.75. The van der Waals surface area contributed by atoms with Crippen molar-refractivity contribution in [2.45, 2.75) is 39.7 Å². The highest BCUT2D eigenvalue weighted by Gasteiger charge is 2.45. The van der Waals surface area contributed by atoms with Crippen LogP contribution >= 0.6 is 0 Å². The topological polar surface area (TPSA) is 80.9 Å². The van der Waals surface area contributed by atoms with Crippen LogP contribution in [0.2, 0.25) is 0 Å². The van der Waals surface area contributed by atoms with Crippen molar-refractivity contribution in [3.8, 4) is 0 Å². The number of nitrogens with one attached hydrogen (secondary N) is 1. The molecule has 1 aromatic rings. The molecule has 0 bridgehead atoms. The fourth-order valence-corrected chi connectivity index (χ4v) is 2.90. The maximum absolute atomic E-state index is 12.4. The third-order valence-corrected chi connectivity index (χ3v) is 4.63. The van der Waals surface area contributed by atoms with E-state index in [1.165, 1.54) is 0 Å². The van der Waals surface area contributed by atoms with E-state index in [1.54, 1.807) is 18.6 Å². The largest absolute Gasteiger partial charge is 0.327 e. The zero-order valence-electron chi connectivity index (χ0n) is 11.8. The van der Waals surface area contributed by atoms with Crippen molar-refractivity contribution in [1.29, 1.82) is 0 Å². The molecule has 1 fully saturated rings. The molecule has 0 saturated heterocycles. The van der Waals surface area contributed by atoms with Gasteiger partial charge in [-0.15, -0.1) is 0 Å². The van der Waals surface area contributed by atoms with Gasteiger partial charge in [-0.3, -0.25) is 9.78 Å². The second-order valence-electron chi connectivity index (χ2n) is 5.98. The molecule has 19 heavy (non-hydrogen) atoms. The van der Waals surface area contributed by atoms with E-state index in [1.807, 2.05) is 0 Å². The third kappa shape index (κ3) is 2.76. The Hall–Kier alpha value is -1.49. The molecule has 5 nitrogen and oxygen atoms in total. The van der Waals surface area contributed by atoms with E-state index in [9.17, 15) is 4.79 Å². The van der Waals surface area contributed by atoms with Gasteiger partial charge in [-0.1, -0.05) is 20.8 Å². The van der Waals surface area contributed by atoms with Gasteiger partial charge < -0.3 is 11.1 Å². The average molecular weight is 262 g/mol. The van der Waals surface area contributed by atoms with E-state index in [4.69, 9.17) is 5.73 Å². The maximum atomic E-state index is 12.4. The van der Waals surface area contributed by atoms with Crippen molar-refractivity contribution < 1.29 is 4.79 Å². The summed E-state index contributed by atoms with van der Waals surface area (Å²) in [4.78, 5) is 20.4. The minimum atomic E-state index is -0.107. The lowest BCUT2D eigenvalue weighted by Crippen LogP contribution is -2.50. The highest BCUT2D eigenvalue weighted by atomic mass is 16.2. The lowest BCUT2D eigenvalue weighted by molar-refractivity contribution is -0.127. The molecule has 104 valence electrons. The Labute approximate surface area is 114 Å². The van der Waals surface area contributed by atoms with Crippen molar-refractivity contribution in [2.24, 2.45) is 23.0 Å². The molecule has 1 saturated carbocycles. The maximum Gasteiger partial charge on any atom is 0.229 e. The Morgan fingerprint density at radius 3 is 2.79 bits per heavy atom. The molecule has 0 radical (unpaired) electrons. The van der Waals surface area contributed by atoms with Gasteiger partial charge in [0, 0.05) is 24.4 Å². The highest BCUT2D eigenvalue weighted by Crippen LogP contribution is 2.44. The van der Waals surface area contributed by atoms with Gasteiger partial charge in [0.15, 0.2) is 5.82 Å². The normalized spacial score (nSPS) is 29.8. The predicted molar refractivity (Wildman–Crippen MR) is 74.3 cm³/mol. The van der Waals surface area contributed by atoms with Gasteiger partial charge in [-0.05, 0) is 24.2 Å². The first-order chi connectivity index (χ1) is 8.93. The number of carbonyl (C=O) groups is 1. The van der Waals surface area contributed by atoms with Crippen molar-refractivity contribution in [2.75, 3.05) is 5.32 Å². The van der Waals surface area contributed by atoms with Gasteiger partial charge >= 0.3 is 0 Å². The average Bonchev–Trinajstić information content (AvgIpc) is 2.37. The van der Waals surface area contributed by atoms with E-state index >= 15 is 0 Å². The molecule has 1 amide bonds. The van der Waals surface area contributed by atoms with Gasteiger partial charge in [0.05, 0.1) is 6.20 Å². The van der Waals surface area contributed by atoms with Gasteiger partial charge in [0.25, 0.3) is 0 Å². The summed E-state index contributed by atoms with van der Waals surface area (Å²) in [5.74, 6) is 0.804. The van der Waals surface area contributed by atoms with Crippen LogP contribution in [0.15, 0.2) is 18.6 Å². The van der Waals surface area contributed by atoms with E-state index < -0.39 is 0 Å². The summed E-state index contributed by atoms with van der Waals surface area (Å²) in [6.45, 7) is 6.38. The standard InChI is InChI=1S/C14H22N4O/c1-9-11(15)5-4-10(14(9,2)3)13(19)18-12-8-16-6-7-17-12/h6-11H,4-5,15H2,1-3H3,(H,17,18,19). The number of rotatable bonds is 2. The van der Waals surface area contributed by atoms with Gasteiger partial charge in [0.2, 0.25) is 5.91 Å². The summed E-state index contributed by atoms with van der Waals surface area (Å²) < 4.78 is 0. The van der Waals surface area contributed by atoms with Crippen molar-refractivity contribution in [3.05, 3.63) is 18.6 Å². The van der Waals surface area contributed by atoms with Gasteiger partial charge in [-0.25, -0.2) is 4.98 Å². The van der Waals surface area contributed by atoms with Crippen LogP contribution in [-0.4, -0.2) is 21.9 Å². The second kappa shape index (κ2) is 5.25. The first kappa shape index (κ1) is 13.9. The van der Waals surface area contributed by atoms with E-state index in [-0.39, 0.29) is 23.3 Å². The van der Waals surface area contributed by atoms with Crippen LogP contribution in [0.4, 0.5) is 5.82 Å². The zero-order chi connectivity index (χ0) is 14.0. The molecule has 0 spiro atoms. The number of anilines is 1. The van der Waals surface area contributed by atoms with Crippen LogP contribution in [0, 0.1) is 17.3 Å². The summed E-state index contributed by atoms with van der Waals surface area (Å²) >= 11 is 0. The summed E-state index contributed by atoms with van der Waals surface area (Å²) in [5, 5.41) is 2.85. The minimum absolute atomic E-state index is 0.0178. The fourth-order valence-electron chi connectivity index (χ4n) is 2.90. The molecule has 3 unspecified atom stereocenters. The Bertz CT molecular complexity index is 446. The zero-order valence-corrected chi connectivity index (χ0v) is 11.8. The number of nitrogens with zero attached hydrogens (tertiary/aromatic N) is 2. The summed E-state index contributed by atoms with van der Waals surface area (Å²) in [5.41, 5.74) is 6.01. The number of carbonyl (C=O) groups excluding carboxylic acids is 1. The van der Waals surface area contributed by atoms with Gasteiger partial charge in [0.1, 0.15) is 0 Å². The molecular weight excluding hydrogens is 240 g/mol. The monoisotopic (exact) mass is 262 g/mol. The quantitative estimate of drug-likeness (QED) is 0.851. The minimum Gasteiger partial charge on any atom is -0.327 e. The van der Waals surface area contributed by atoms with Crippen molar-refractivity contribution >= 4 is 11.7 Å². The summed E-state index contributed by atoms with van der Waals surface area (Å²) in [6, 6.07) is 0.176. The Morgan fingerprint density at radius 2 is 2.16 bits per heavy atom. The van der Waals surface area contributed by atoms with Crippen molar-refractivity contribution in [1.82, 2.24) is 9.97 Å². The molecule has 1 aliphatic rings. The van der Waals surface area contributed by atoms with E-state index in [2.05, 4.69) is 36.1 Å². The van der Waals surface area contributed by atoms with Crippen LogP contribution in [0.25, 0.3) is 0 Å². The van der Waals surface area contributed by atoms with Crippen molar-refractivity contribution in [3.63, 3.8) is 0 Å². The van der Waals surface area contributed by atoms with Gasteiger partial charge in [-0.2, -0.15) is 0 Å². The lowest BCUT2D eigenvalue weighted by atomic mass is 9.61. The molecular formula is C14H22N4O. The van der Waals surface area contributed by atoms with Crippen LogP contribution in [0.5, 0.6) is 0 Å². The number of nitrogens with two attached hydrogens (primary N) is 1. The molecule has 1 heterocycles. The Morgan fingerprint density at radius 1 is 1.42 bits per heavy atom. The van der Waals surface area contributed by atoms with E-state index in [0.717, 1.165) is 12.8 Å². The number of amides is 1. The first-order valence-corrected chi connectivity index (χ1v) is 6.75. The smallest absolute Gasteiger partial charge is 0.229 e. The lowest BCUT2D eigenvalue weighted by Gasteiger charge is -2.45. The van der Waals surface area contributed by atoms with Crippen LogP contribution in [0.1, 0.15) is 33.6 Å².